The van der Waals surface area contributed by atoms with E-state index in [9.17, 15) is 4.79 Å². The van der Waals surface area contributed by atoms with E-state index in [2.05, 4.69) is 11.7 Å². The monoisotopic (exact) mass is 131 g/mol. The zero-order valence-electron chi connectivity index (χ0n) is 5.55. The molecule has 0 atom stereocenters. The number of rotatable bonds is 4. The van der Waals surface area contributed by atoms with Gasteiger partial charge >= 0.3 is 5.97 Å². The first-order valence-electron chi connectivity index (χ1n) is 2.77. The summed E-state index contributed by atoms with van der Waals surface area (Å²) < 4.78 is 9.35. The number of carbonyl (C=O) groups is 1. The van der Waals surface area contributed by atoms with E-state index in [0.29, 0.717) is 19.8 Å². The van der Waals surface area contributed by atoms with Crippen LogP contribution in [0.15, 0.2) is 0 Å². The molecular formula is C6H11O3. The van der Waals surface area contributed by atoms with Gasteiger partial charge in [0, 0.05) is 13.5 Å². The van der Waals surface area contributed by atoms with E-state index in [1.807, 2.05) is 0 Å². The second-order valence-corrected chi connectivity index (χ2v) is 1.45. The van der Waals surface area contributed by atoms with Gasteiger partial charge in [-0.15, -0.1) is 0 Å². The van der Waals surface area contributed by atoms with Crippen LogP contribution in [0.4, 0.5) is 0 Å². The van der Waals surface area contributed by atoms with Crippen LogP contribution in [-0.2, 0) is 14.3 Å². The average Bonchev–Trinajstić information content (AvgIpc) is 1.80. The summed E-state index contributed by atoms with van der Waals surface area (Å²) in [5, 5.41) is 0. The van der Waals surface area contributed by atoms with Crippen LogP contribution >= 0.6 is 0 Å². The summed E-state index contributed by atoms with van der Waals surface area (Å²) >= 11 is 0. The molecule has 0 bridgehead atoms. The number of hydrogen-bond donors (Lipinski definition) is 0. The average molecular weight is 131 g/mol. The van der Waals surface area contributed by atoms with Gasteiger partial charge < -0.3 is 9.47 Å². The summed E-state index contributed by atoms with van der Waals surface area (Å²) in [5.74, 6) is -0.275. The highest BCUT2D eigenvalue weighted by molar-refractivity contribution is 5.65. The lowest BCUT2D eigenvalue weighted by Gasteiger charge is -1.99. The van der Waals surface area contributed by atoms with E-state index < -0.39 is 0 Å². The molecule has 0 aromatic rings. The third-order valence-corrected chi connectivity index (χ3v) is 0.677. The Bertz CT molecular complexity index is 80.4. The molecule has 0 saturated carbocycles. The molecule has 3 heteroatoms. The Labute approximate surface area is 55.0 Å². The summed E-state index contributed by atoms with van der Waals surface area (Å²) in [6.45, 7) is 5.98. The molecule has 0 fully saturated rings. The molecule has 0 aliphatic carbocycles. The number of ether oxygens (including phenoxy) is 2. The molecule has 0 saturated heterocycles. The number of esters is 1. The summed E-state index contributed by atoms with van der Waals surface area (Å²) in [5.41, 5.74) is 0. The van der Waals surface area contributed by atoms with Gasteiger partial charge in [-0.3, -0.25) is 4.79 Å². The van der Waals surface area contributed by atoms with Crippen LogP contribution < -0.4 is 0 Å². The second kappa shape index (κ2) is 5.56. The molecule has 53 valence electrons. The van der Waals surface area contributed by atoms with Crippen LogP contribution in [0, 0.1) is 6.92 Å². The predicted molar refractivity (Wildman–Crippen MR) is 32.8 cm³/mol. The Morgan fingerprint density at radius 2 is 2.22 bits per heavy atom. The Morgan fingerprint density at radius 1 is 1.56 bits per heavy atom. The van der Waals surface area contributed by atoms with Gasteiger partial charge in [0.15, 0.2) is 0 Å². The van der Waals surface area contributed by atoms with Crippen LogP contribution in [0.25, 0.3) is 0 Å². The van der Waals surface area contributed by atoms with Crippen LogP contribution in [0.5, 0.6) is 0 Å². The van der Waals surface area contributed by atoms with Crippen LogP contribution in [0.1, 0.15) is 6.92 Å². The summed E-state index contributed by atoms with van der Waals surface area (Å²) in [6, 6.07) is 0. The van der Waals surface area contributed by atoms with Gasteiger partial charge in [-0.25, -0.2) is 0 Å². The topological polar surface area (TPSA) is 35.5 Å². The Morgan fingerprint density at radius 3 is 2.67 bits per heavy atom. The maximum atomic E-state index is 10.1. The number of carbonyl (C=O) groups excluding carboxylic acids is 1. The molecule has 0 aromatic heterocycles. The first kappa shape index (κ1) is 8.43. The van der Waals surface area contributed by atoms with Gasteiger partial charge in [0.2, 0.25) is 0 Å². The molecule has 0 spiro atoms. The van der Waals surface area contributed by atoms with Crippen molar-refractivity contribution in [2.24, 2.45) is 0 Å². The Hall–Kier alpha value is -0.570. The Kier molecular flexibility index (Phi) is 5.21. The summed E-state index contributed by atoms with van der Waals surface area (Å²) in [7, 11) is 0. The van der Waals surface area contributed by atoms with Crippen molar-refractivity contribution in [1.29, 1.82) is 0 Å². The maximum Gasteiger partial charge on any atom is 0.302 e. The summed E-state index contributed by atoms with van der Waals surface area (Å²) in [6.07, 6.45) is 0. The minimum Gasteiger partial charge on any atom is -0.463 e. The standard InChI is InChI=1S/C6H11O3/c1-3-8-4-5-9-6(2)7/h1,3-5H2,2H3. The van der Waals surface area contributed by atoms with Crippen molar-refractivity contribution in [1.82, 2.24) is 0 Å². The highest BCUT2D eigenvalue weighted by atomic mass is 16.6. The lowest BCUT2D eigenvalue weighted by atomic mass is 10.7. The maximum absolute atomic E-state index is 10.1. The van der Waals surface area contributed by atoms with Gasteiger partial charge in [0.25, 0.3) is 0 Å². The lowest BCUT2D eigenvalue weighted by Crippen LogP contribution is -2.06. The molecule has 0 unspecified atom stereocenters. The van der Waals surface area contributed by atoms with Gasteiger partial charge in [0.05, 0.1) is 6.61 Å². The zero-order valence-corrected chi connectivity index (χ0v) is 5.55. The van der Waals surface area contributed by atoms with Gasteiger partial charge in [-0.1, -0.05) is 0 Å². The molecule has 0 aromatic carbocycles. The fraction of sp³-hybridized carbons (Fsp3) is 0.667. The van der Waals surface area contributed by atoms with Crippen LogP contribution in [0.2, 0.25) is 0 Å². The second-order valence-electron chi connectivity index (χ2n) is 1.45. The molecule has 0 amide bonds. The molecule has 0 aliphatic rings. The van der Waals surface area contributed by atoms with Crippen molar-refractivity contribution >= 4 is 5.97 Å². The zero-order chi connectivity index (χ0) is 7.11. The highest BCUT2D eigenvalue weighted by Crippen LogP contribution is 1.77. The van der Waals surface area contributed by atoms with E-state index in [1.54, 1.807) is 0 Å². The molecular weight excluding hydrogens is 120 g/mol. The number of hydrogen-bond acceptors (Lipinski definition) is 3. The van der Waals surface area contributed by atoms with E-state index in [1.165, 1.54) is 6.92 Å². The molecule has 0 rings (SSSR count). The SMILES string of the molecule is [CH2]COCCOC(C)=O. The first-order valence-corrected chi connectivity index (χ1v) is 2.77. The van der Waals surface area contributed by atoms with Crippen molar-refractivity contribution in [3.05, 3.63) is 6.92 Å². The summed E-state index contributed by atoms with van der Waals surface area (Å²) in [4.78, 5) is 10.1. The minimum atomic E-state index is -0.275. The molecule has 3 nitrogen and oxygen atoms in total. The van der Waals surface area contributed by atoms with E-state index in [-0.39, 0.29) is 5.97 Å². The minimum absolute atomic E-state index is 0.275. The Balaban J connectivity index is 2.83. The van der Waals surface area contributed by atoms with Gasteiger partial charge in [-0.2, -0.15) is 0 Å². The smallest absolute Gasteiger partial charge is 0.302 e. The van der Waals surface area contributed by atoms with E-state index >= 15 is 0 Å². The van der Waals surface area contributed by atoms with Crippen molar-refractivity contribution in [3.8, 4) is 0 Å². The van der Waals surface area contributed by atoms with Crippen LogP contribution in [0.3, 0.4) is 0 Å². The van der Waals surface area contributed by atoms with Crippen molar-refractivity contribution in [2.45, 2.75) is 6.92 Å². The third kappa shape index (κ3) is 7.43. The third-order valence-electron chi connectivity index (χ3n) is 0.677. The van der Waals surface area contributed by atoms with E-state index in [0.717, 1.165) is 0 Å². The van der Waals surface area contributed by atoms with E-state index in [4.69, 9.17) is 4.74 Å². The van der Waals surface area contributed by atoms with Crippen molar-refractivity contribution < 1.29 is 14.3 Å². The normalized spacial score (nSPS) is 9.11. The van der Waals surface area contributed by atoms with Gasteiger partial charge in [-0.05, 0) is 6.92 Å². The molecule has 0 N–H and O–H groups in total. The predicted octanol–water partition coefficient (Wildman–Crippen LogP) is 0.400. The van der Waals surface area contributed by atoms with Crippen molar-refractivity contribution in [2.75, 3.05) is 19.8 Å². The molecule has 9 heavy (non-hydrogen) atoms. The van der Waals surface area contributed by atoms with Gasteiger partial charge in [0.1, 0.15) is 6.61 Å². The van der Waals surface area contributed by atoms with Crippen LogP contribution in [-0.4, -0.2) is 25.8 Å². The fourth-order valence-corrected chi connectivity index (χ4v) is 0.346. The quantitative estimate of drug-likeness (QED) is 0.409. The lowest BCUT2D eigenvalue weighted by molar-refractivity contribution is -0.142. The molecule has 0 aliphatic heterocycles. The largest absolute Gasteiger partial charge is 0.463 e. The molecule has 1 radical (unpaired) electrons. The fourth-order valence-electron chi connectivity index (χ4n) is 0.346. The first-order chi connectivity index (χ1) is 4.27. The van der Waals surface area contributed by atoms with Crippen molar-refractivity contribution in [3.63, 3.8) is 0 Å². The molecule has 0 heterocycles. The highest BCUT2D eigenvalue weighted by Gasteiger charge is 1.89.